The maximum atomic E-state index is 14.6. The highest BCUT2D eigenvalue weighted by atomic mass is 32.2. The number of benzene rings is 1. The van der Waals surface area contributed by atoms with Crippen molar-refractivity contribution in [2.24, 2.45) is 50.2 Å². The molecule has 5 aliphatic carbocycles. The van der Waals surface area contributed by atoms with Gasteiger partial charge >= 0.3 is 10.9 Å². The van der Waals surface area contributed by atoms with Gasteiger partial charge in [0, 0.05) is 17.8 Å². The molecule has 4 saturated carbocycles. The number of fused-ring (bicyclic) bond motifs is 7. The predicted molar refractivity (Wildman–Crippen MR) is 210 cm³/mol. The van der Waals surface area contributed by atoms with Crippen LogP contribution in [-0.4, -0.2) is 55.4 Å². The van der Waals surface area contributed by atoms with Crippen LogP contribution in [0, 0.1) is 55.5 Å². The highest BCUT2D eigenvalue weighted by Gasteiger charge is 2.70. The van der Waals surface area contributed by atoms with Crippen LogP contribution in [0.25, 0.3) is 0 Å². The Kier molecular flexibility index (Phi) is 10.4. The van der Waals surface area contributed by atoms with Crippen molar-refractivity contribution in [2.45, 2.75) is 142 Å². The number of aromatic nitrogens is 2. The molecule has 1 aromatic heterocycles. The SMILES string of the molecule is CC1(C)[C@@H](O)CC[C@]2(C)[C@H]3C(=O)C=C4[C@@H]5C[C@@](C)(C(=O)NCC(=O)CCCCOc6no[n+]([O-])c6S(=O)(=O)c6ccccc6)CC[C@]5(C)CC[C@@]4(C)[C@]3(C)CC[C@@H]12. The summed E-state index contributed by atoms with van der Waals surface area (Å²) >= 11 is 0. The van der Waals surface area contributed by atoms with E-state index < -0.39 is 26.2 Å². The first kappa shape index (κ1) is 41.6. The molecule has 1 heterocycles. The van der Waals surface area contributed by atoms with Gasteiger partial charge in [-0.15, -0.1) is 0 Å². The van der Waals surface area contributed by atoms with Gasteiger partial charge in [0.1, 0.15) is 0 Å². The number of aliphatic hydroxyl groups is 1. The number of rotatable bonds is 11. The van der Waals surface area contributed by atoms with E-state index in [1.54, 1.807) is 6.07 Å². The van der Waals surface area contributed by atoms with E-state index in [-0.39, 0.29) is 97.8 Å². The summed E-state index contributed by atoms with van der Waals surface area (Å²) in [6.45, 7) is 15.7. The minimum Gasteiger partial charge on any atom is -0.454 e. The molecule has 0 saturated heterocycles. The normalized spacial score (nSPS) is 37.1. The van der Waals surface area contributed by atoms with Crippen molar-refractivity contribution < 1.29 is 42.2 Å². The zero-order chi connectivity index (χ0) is 41.4. The maximum absolute atomic E-state index is 14.6. The average Bonchev–Trinajstić information content (AvgIpc) is 3.54. The molecule has 7 rings (SSSR count). The summed E-state index contributed by atoms with van der Waals surface area (Å²) in [6, 6.07) is 7.44. The molecular formula is C44H61N3O9S. The van der Waals surface area contributed by atoms with Gasteiger partial charge in [0.25, 0.3) is 9.84 Å². The van der Waals surface area contributed by atoms with Gasteiger partial charge in [0.05, 0.1) is 29.3 Å². The third-order valence-corrected chi connectivity index (χ3v) is 18.2. The summed E-state index contributed by atoms with van der Waals surface area (Å²) in [7, 11) is -4.23. The minimum atomic E-state index is -4.23. The Morgan fingerprint density at radius 2 is 1.68 bits per heavy atom. The minimum absolute atomic E-state index is 0.000290. The Balaban J connectivity index is 0.968. The van der Waals surface area contributed by atoms with E-state index in [0.717, 1.165) is 44.9 Å². The molecule has 1 amide bonds. The fourth-order valence-corrected chi connectivity index (χ4v) is 14.0. The fraction of sp³-hybridized carbons (Fsp3) is 0.705. The molecule has 9 atom stereocenters. The van der Waals surface area contributed by atoms with Crippen molar-refractivity contribution in [2.75, 3.05) is 13.2 Å². The number of hydrogen-bond acceptors (Lipinski definition) is 10. The number of sulfone groups is 1. The topological polar surface area (TPSA) is 180 Å². The van der Waals surface area contributed by atoms with E-state index >= 15 is 0 Å². The van der Waals surface area contributed by atoms with Crippen molar-refractivity contribution in [3.8, 4) is 5.88 Å². The zero-order valence-electron chi connectivity index (χ0n) is 34.7. The highest BCUT2D eigenvalue weighted by Crippen LogP contribution is 2.75. The molecule has 0 aliphatic heterocycles. The number of Topliss-reactive ketones (excluding diaryl/α,β-unsaturated/α-hetero) is 1. The lowest BCUT2D eigenvalue weighted by molar-refractivity contribution is -0.832. The second-order valence-electron chi connectivity index (χ2n) is 20.0. The number of hydrogen-bond donors (Lipinski definition) is 2. The second-order valence-corrected chi connectivity index (χ2v) is 21.9. The second kappa shape index (κ2) is 14.3. The molecule has 0 unspecified atom stereocenters. The molecule has 1 aromatic carbocycles. The molecule has 0 spiro atoms. The fourth-order valence-electron chi connectivity index (χ4n) is 12.7. The summed E-state index contributed by atoms with van der Waals surface area (Å²) in [5.41, 5.74) is -0.319. The Morgan fingerprint density at radius 3 is 2.40 bits per heavy atom. The van der Waals surface area contributed by atoms with Crippen LogP contribution in [0.2, 0.25) is 0 Å². The number of aliphatic hydroxyl groups excluding tert-OH is 1. The summed E-state index contributed by atoms with van der Waals surface area (Å²) < 4.78 is 36.0. The number of carbonyl (C=O) groups is 3. The molecule has 4 fully saturated rings. The van der Waals surface area contributed by atoms with E-state index in [1.165, 1.54) is 29.8 Å². The van der Waals surface area contributed by atoms with E-state index in [9.17, 15) is 33.1 Å². The summed E-state index contributed by atoms with van der Waals surface area (Å²) in [5.74, 6) is -0.240. The van der Waals surface area contributed by atoms with Gasteiger partial charge in [-0.25, -0.2) is 8.42 Å². The molecule has 13 heteroatoms. The molecule has 12 nitrogen and oxygen atoms in total. The zero-order valence-corrected chi connectivity index (χ0v) is 35.5. The van der Waals surface area contributed by atoms with Crippen molar-refractivity contribution in [3.63, 3.8) is 0 Å². The predicted octanol–water partition coefficient (Wildman–Crippen LogP) is 6.72. The lowest BCUT2D eigenvalue weighted by atomic mass is 9.33. The first-order chi connectivity index (χ1) is 26.6. The quantitative estimate of drug-likeness (QED) is 0.183. The molecule has 57 heavy (non-hydrogen) atoms. The summed E-state index contributed by atoms with van der Waals surface area (Å²) in [4.78, 5) is 41.2. The Bertz CT molecular complexity index is 2060. The summed E-state index contributed by atoms with van der Waals surface area (Å²) in [6.07, 6.45) is 10.4. The van der Waals surface area contributed by atoms with Gasteiger partial charge in [-0.3, -0.25) is 19.0 Å². The molecule has 0 bridgehead atoms. The van der Waals surface area contributed by atoms with Gasteiger partial charge in [0.2, 0.25) is 5.91 Å². The van der Waals surface area contributed by atoms with Crippen LogP contribution >= 0.6 is 0 Å². The van der Waals surface area contributed by atoms with Crippen LogP contribution in [0.1, 0.15) is 126 Å². The molecule has 312 valence electrons. The Morgan fingerprint density at radius 1 is 0.982 bits per heavy atom. The van der Waals surface area contributed by atoms with Crippen molar-refractivity contribution in [1.82, 2.24) is 10.5 Å². The third kappa shape index (κ3) is 6.57. The van der Waals surface area contributed by atoms with Gasteiger partial charge in [-0.1, -0.05) is 72.2 Å². The highest BCUT2D eigenvalue weighted by molar-refractivity contribution is 7.91. The number of amides is 1. The standard InChI is InChI=1S/C44H61N3O9S/c1-39(2)33-16-19-44(7)35(42(33,5)18-17-34(39)50)32(49)25-30-31-26-41(4,21-20-40(31,3)22-23-43(30,44)6)38(51)45-27-28(48)13-11-12-24-55-36-37(47(52)56-46-36)57(53,54)29-14-9-8-10-15-29/h8-10,14-15,25,31,33-35,50H,11-13,16-24,26-27H2,1-7H3,(H,45,51)/t31-,33-,34-,35+,40+,41-,42-,43+,44+/m0/s1. The van der Waals surface area contributed by atoms with E-state index in [4.69, 9.17) is 4.74 Å². The number of nitrogens with one attached hydrogen (secondary N) is 1. The van der Waals surface area contributed by atoms with E-state index in [2.05, 4.69) is 56.6 Å². The molecule has 0 radical (unpaired) electrons. The maximum Gasteiger partial charge on any atom is 0.414 e. The van der Waals surface area contributed by atoms with Crippen LogP contribution in [0.4, 0.5) is 0 Å². The van der Waals surface area contributed by atoms with Gasteiger partial charge in [-0.2, -0.15) is 0 Å². The lowest BCUT2D eigenvalue weighted by Crippen LogP contribution is -2.66. The third-order valence-electron chi connectivity index (χ3n) is 16.5. The number of ether oxygens (including phenoxy) is 1. The first-order valence-corrected chi connectivity index (χ1v) is 22.4. The Hall–Kier alpha value is -3.58. The van der Waals surface area contributed by atoms with Gasteiger partial charge in [-0.05, 0) is 133 Å². The van der Waals surface area contributed by atoms with Crippen LogP contribution in [-0.2, 0) is 24.2 Å². The largest absolute Gasteiger partial charge is 0.454 e. The molecule has 2 N–H and O–H groups in total. The van der Waals surface area contributed by atoms with Crippen LogP contribution < -0.4 is 15.0 Å². The molecular weight excluding hydrogens is 747 g/mol. The monoisotopic (exact) mass is 807 g/mol. The summed E-state index contributed by atoms with van der Waals surface area (Å²) in [5, 5.41) is 28.9. The number of carbonyl (C=O) groups excluding carboxylic acids is 3. The smallest absolute Gasteiger partial charge is 0.414 e. The van der Waals surface area contributed by atoms with Gasteiger partial charge < -0.3 is 20.4 Å². The van der Waals surface area contributed by atoms with E-state index in [1.807, 2.05) is 13.0 Å². The number of allylic oxidation sites excluding steroid dienone is 2. The van der Waals surface area contributed by atoms with E-state index in [0.29, 0.717) is 25.7 Å². The Labute approximate surface area is 337 Å². The molecule has 5 aliphatic rings. The van der Waals surface area contributed by atoms with Crippen LogP contribution in [0.5, 0.6) is 5.88 Å². The van der Waals surface area contributed by atoms with Crippen molar-refractivity contribution >= 4 is 27.3 Å². The van der Waals surface area contributed by atoms with Crippen LogP contribution in [0.15, 0.2) is 56.5 Å². The van der Waals surface area contributed by atoms with Crippen LogP contribution in [0.3, 0.4) is 0 Å². The number of ketones is 2. The van der Waals surface area contributed by atoms with Gasteiger partial charge in [0.15, 0.2) is 11.6 Å². The lowest BCUT2D eigenvalue weighted by Gasteiger charge is -2.70. The van der Waals surface area contributed by atoms with Crippen molar-refractivity contribution in [1.29, 1.82) is 0 Å². The molecule has 2 aromatic rings. The number of unbranched alkanes of at least 4 members (excludes halogenated alkanes) is 1. The first-order valence-electron chi connectivity index (χ1n) is 20.9. The number of nitrogens with zero attached hydrogens (tertiary/aromatic N) is 2. The average molecular weight is 808 g/mol. The van der Waals surface area contributed by atoms with Crippen molar-refractivity contribution in [3.05, 3.63) is 47.2 Å².